The average Bonchev–Trinajstić information content (AvgIpc) is 3.02. The van der Waals surface area contributed by atoms with Crippen LogP contribution in [0.1, 0.15) is 56.6 Å². The Morgan fingerprint density at radius 3 is 2.48 bits per heavy atom. The summed E-state index contributed by atoms with van der Waals surface area (Å²) in [6.45, 7) is 5.46. The third-order valence-electron chi connectivity index (χ3n) is 3.65. The van der Waals surface area contributed by atoms with Gasteiger partial charge < -0.3 is 9.67 Å². The first-order valence-electron chi connectivity index (χ1n) is 7.18. The first-order chi connectivity index (χ1) is 9.70. The third kappa shape index (κ3) is 3.85. The largest absolute Gasteiger partial charge is 0.477 e. The number of aromatic carboxylic acids is 1. The average molecular weight is 314 g/mol. The van der Waals surface area contributed by atoms with Crippen LogP contribution in [0.5, 0.6) is 0 Å². The molecule has 0 aliphatic heterocycles. The van der Waals surface area contributed by atoms with Crippen LogP contribution in [0.25, 0.3) is 0 Å². The summed E-state index contributed by atoms with van der Waals surface area (Å²) in [6, 6.07) is 0.955. The molecule has 0 spiro atoms. The summed E-state index contributed by atoms with van der Waals surface area (Å²) in [7, 11) is -3.68. The first kappa shape index (κ1) is 16.0. The Kier molecular flexibility index (Phi) is 4.43. The van der Waals surface area contributed by atoms with Crippen LogP contribution in [0.3, 0.4) is 0 Å². The van der Waals surface area contributed by atoms with Gasteiger partial charge in [-0.05, 0) is 39.2 Å². The lowest BCUT2D eigenvalue weighted by Crippen LogP contribution is -2.32. The number of carboxylic acid groups (broad SMARTS) is 1. The van der Waals surface area contributed by atoms with E-state index in [4.69, 9.17) is 5.11 Å². The lowest BCUT2D eigenvalue weighted by molar-refractivity contribution is 0.0683. The van der Waals surface area contributed by atoms with Crippen LogP contribution in [-0.2, 0) is 10.0 Å². The summed E-state index contributed by atoms with van der Waals surface area (Å²) >= 11 is 0. The molecule has 0 bridgehead atoms. The summed E-state index contributed by atoms with van der Waals surface area (Å²) in [5.74, 6) is -0.506. The van der Waals surface area contributed by atoms with Crippen molar-refractivity contribution in [1.29, 1.82) is 0 Å². The van der Waals surface area contributed by atoms with Crippen LogP contribution < -0.4 is 4.72 Å². The summed E-state index contributed by atoms with van der Waals surface area (Å²) in [6.07, 6.45) is 4.55. The van der Waals surface area contributed by atoms with Gasteiger partial charge in [0.05, 0.1) is 0 Å². The fourth-order valence-corrected chi connectivity index (χ4v) is 3.72. The van der Waals surface area contributed by atoms with Crippen molar-refractivity contribution in [2.75, 3.05) is 0 Å². The lowest BCUT2D eigenvalue weighted by Gasteiger charge is -2.13. The molecule has 2 N–H and O–H groups in total. The Hall–Kier alpha value is -1.34. The summed E-state index contributed by atoms with van der Waals surface area (Å²) < 4.78 is 28.8. The van der Waals surface area contributed by atoms with E-state index in [2.05, 4.69) is 4.72 Å². The molecule has 6 nitrogen and oxygen atoms in total. The van der Waals surface area contributed by atoms with Crippen molar-refractivity contribution < 1.29 is 18.3 Å². The van der Waals surface area contributed by atoms with Gasteiger partial charge >= 0.3 is 5.97 Å². The van der Waals surface area contributed by atoms with Gasteiger partial charge in [-0.3, -0.25) is 0 Å². The number of hydrogen-bond acceptors (Lipinski definition) is 3. The molecule has 0 radical (unpaired) electrons. The van der Waals surface area contributed by atoms with E-state index in [-0.39, 0.29) is 22.7 Å². The van der Waals surface area contributed by atoms with E-state index in [1.165, 1.54) is 29.7 Å². The molecule has 1 aliphatic carbocycles. The predicted molar refractivity (Wildman–Crippen MR) is 78.9 cm³/mol. The van der Waals surface area contributed by atoms with Crippen molar-refractivity contribution >= 4 is 16.0 Å². The molecule has 118 valence electrons. The number of rotatable bonds is 7. The van der Waals surface area contributed by atoms with Gasteiger partial charge in [0.2, 0.25) is 10.0 Å². The third-order valence-corrected chi connectivity index (χ3v) is 5.21. The molecule has 1 aliphatic rings. The minimum atomic E-state index is -3.68. The van der Waals surface area contributed by atoms with Gasteiger partial charge in [-0.25, -0.2) is 17.9 Å². The van der Waals surface area contributed by atoms with Gasteiger partial charge in [0.15, 0.2) is 0 Å². The normalized spacial score (nSPS) is 17.1. The van der Waals surface area contributed by atoms with E-state index in [9.17, 15) is 13.2 Å². The van der Waals surface area contributed by atoms with Crippen LogP contribution in [-0.4, -0.2) is 30.1 Å². The highest BCUT2D eigenvalue weighted by Crippen LogP contribution is 2.33. The van der Waals surface area contributed by atoms with E-state index in [1.807, 2.05) is 20.8 Å². The zero-order chi connectivity index (χ0) is 15.8. The zero-order valence-corrected chi connectivity index (χ0v) is 13.4. The molecule has 21 heavy (non-hydrogen) atoms. The van der Waals surface area contributed by atoms with E-state index in [0.29, 0.717) is 5.92 Å². The molecule has 0 amide bonds. The molecule has 1 atom stereocenters. The van der Waals surface area contributed by atoms with Crippen molar-refractivity contribution in [3.05, 3.63) is 18.0 Å². The minimum Gasteiger partial charge on any atom is -0.477 e. The molecule has 1 saturated carbocycles. The van der Waals surface area contributed by atoms with Gasteiger partial charge in [-0.1, -0.05) is 12.8 Å². The molecule has 1 heterocycles. The summed E-state index contributed by atoms with van der Waals surface area (Å²) in [5, 5.41) is 9.17. The molecule has 1 unspecified atom stereocenters. The molecule has 1 aromatic rings. The number of aromatic nitrogens is 1. The summed E-state index contributed by atoms with van der Waals surface area (Å²) in [5.41, 5.74) is -0.0137. The molecule has 0 saturated heterocycles. The maximum atomic E-state index is 12.3. The van der Waals surface area contributed by atoms with Crippen LogP contribution in [0, 0.1) is 5.92 Å². The monoisotopic (exact) mass is 314 g/mol. The van der Waals surface area contributed by atoms with E-state index in [0.717, 1.165) is 6.42 Å². The van der Waals surface area contributed by atoms with Gasteiger partial charge in [0, 0.05) is 18.3 Å². The second kappa shape index (κ2) is 5.81. The molecule has 1 aromatic heterocycles. The van der Waals surface area contributed by atoms with E-state index >= 15 is 0 Å². The maximum Gasteiger partial charge on any atom is 0.352 e. The zero-order valence-electron chi connectivity index (χ0n) is 12.5. The van der Waals surface area contributed by atoms with Crippen molar-refractivity contribution in [3.63, 3.8) is 0 Å². The van der Waals surface area contributed by atoms with Gasteiger partial charge in [0.1, 0.15) is 10.6 Å². The number of sulfonamides is 1. The topological polar surface area (TPSA) is 88.4 Å². The first-order valence-corrected chi connectivity index (χ1v) is 8.66. The molecule has 2 rings (SSSR count). The number of nitrogens with one attached hydrogen (secondary N) is 1. The van der Waals surface area contributed by atoms with Crippen molar-refractivity contribution in [2.45, 2.75) is 57.0 Å². The van der Waals surface area contributed by atoms with Crippen molar-refractivity contribution in [3.8, 4) is 0 Å². The molecule has 7 heteroatoms. The number of carbonyl (C=O) groups is 1. The number of nitrogens with zero attached hydrogens (tertiary/aromatic N) is 1. The fourth-order valence-electron chi connectivity index (χ4n) is 2.43. The van der Waals surface area contributed by atoms with Gasteiger partial charge in [-0.2, -0.15) is 0 Å². The van der Waals surface area contributed by atoms with Crippen molar-refractivity contribution in [1.82, 2.24) is 9.29 Å². The Morgan fingerprint density at radius 1 is 1.43 bits per heavy atom. The Bertz CT molecular complexity index is 629. The molecular weight excluding hydrogens is 292 g/mol. The summed E-state index contributed by atoms with van der Waals surface area (Å²) in [4.78, 5) is 11.2. The highest BCUT2D eigenvalue weighted by Gasteiger charge is 2.28. The smallest absolute Gasteiger partial charge is 0.352 e. The van der Waals surface area contributed by atoms with Crippen LogP contribution in [0.15, 0.2) is 17.2 Å². The van der Waals surface area contributed by atoms with Crippen LogP contribution in [0.4, 0.5) is 0 Å². The lowest BCUT2D eigenvalue weighted by atomic mass is 10.2. The Labute approximate surface area is 125 Å². The van der Waals surface area contributed by atoms with Crippen LogP contribution in [0.2, 0.25) is 0 Å². The van der Waals surface area contributed by atoms with E-state index < -0.39 is 16.0 Å². The van der Waals surface area contributed by atoms with Gasteiger partial charge in [-0.15, -0.1) is 0 Å². The second-order valence-corrected chi connectivity index (χ2v) is 7.78. The molecular formula is C14H22N2O4S. The van der Waals surface area contributed by atoms with Crippen molar-refractivity contribution in [2.24, 2.45) is 5.92 Å². The van der Waals surface area contributed by atoms with Crippen LogP contribution >= 0.6 is 0 Å². The highest BCUT2D eigenvalue weighted by atomic mass is 32.2. The number of hydrogen-bond donors (Lipinski definition) is 2. The van der Waals surface area contributed by atoms with Gasteiger partial charge in [0.25, 0.3) is 0 Å². The maximum absolute atomic E-state index is 12.3. The fraction of sp³-hybridized carbons (Fsp3) is 0.643. The standard InChI is InChI=1S/C14H22N2O4S/c1-9(2)16-8-12(7-13(16)14(17)18)21(19,20)15-10(3)6-11-4-5-11/h7-11,15H,4-6H2,1-3H3,(H,17,18). The SMILES string of the molecule is CC(CC1CC1)NS(=O)(=O)c1cc(C(=O)O)n(C(C)C)c1. The van der Waals surface area contributed by atoms with E-state index in [1.54, 1.807) is 0 Å². The Balaban J connectivity index is 2.22. The predicted octanol–water partition coefficient (Wildman–Crippen LogP) is 2.23. The molecule has 0 aromatic carbocycles. The molecule has 1 fully saturated rings. The quantitative estimate of drug-likeness (QED) is 0.808. The number of carboxylic acids is 1. The second-order valence-electron chi connectivity index (χ2n) is 6.07. The minimum absolute atomic E-state index is 0.0104. The highest BCUT2D eigenvalue weighted by molar-refractivity contribution is 7.89. The Morgan fingerprint density at radius 2 is 2.05 bits per heavy atom.